The lowest BCUT2D eigenvalue weighted by molar-refractivity contribution is -0.0292. The molecule has 0 N–H and O–H groups in total. The van der Waals surface area contributed by atoms with Crippen molar-refractivity contribution in [1.82, 2.24) is 0 Å². The molecule has 0 aromatic heterocycles. The van der Waals surface area contributed by atoms with E-state index in [9.17, 15) is 0 Å². The average Bonchev–Trinajstić information content (AvgIpc) is 3.16. The van der Waals surface area contributed by atoms with Crippen LogP contribution in [0.3, 0.4) is 0 Å². The molecule has 0 saturated heterocycles. The van der Waals surface area contributed by atoms with Crippen LogP contribution in [0.25, 0.3) is 0 Å². The monoisotopic (exact) mass is 757 g/mol. The molecule has 0 heterocycles. The van der Waals surface area contributed by atoms with Gasteiger partial charge in [0.1, 0.15) is 0 Å². The summed E-state index contributed by atoms with van der Waals surface area (Å²) in [6, 6.07) is 0. The van der Waals surface area contributed by atoms with Crippen molar-refractivity contribution in [2.75, 3.05) is 172 Å². The SMILES string of the molecule is CCCCCCCCCCOCCOCCOCCOCCOCCOCCOCCOCCOCCOCCOCCOCCOCC(C)CC. The topological polar surface area (TPSA) is 120 Å². The number of hydrogen-bond acceptors (Lipinski definition) is 13. The van der Waals surface area contributed by atoms with Gasteiger partial charge in [-0.1, -0.05) is 72.1 Å². The zero-order valence-corrected chi connectivity index (χ0v) is 33.6. The van der Waals surface area contributed by atoms with Crippen molar-refractivity contribution in [2.24, 2.45) is 5.92 Å². The highest BCUT2D eigenvalue weighted by Gasteiger charge is 1.99. The van der Waals surface area contributed by atoms with Crippen LogP contribution in [0, 0.1) is 5.92 Å². The van der Waals surface area contributed by atoms with E-state index in [0.29, 0.717) is 164 Å². The molecule has 0 aromatic rings. The molecule has 0 aliphatic rings. The van der Waals surface area contributed by atoms with Crippen LogP contribution in [-0.4, -0.2) is 172 Å². The lowest BCUT2D eigenvalue weighted by Crippen LogP contribution is -2.15. The summed E-state index contributed by atoms with van der Waals surface area (Å²) in [7, 11) is 0. The molecule has 0 fully saturated rings. The summed E-state index contributed by atoms with van der Waals surface area (Å²) in [5, 5.41) is 0. The van der Waals surface area contributed by atoms with Crippen molar-refractivity contribution in [1.29, 1.82) is 0 Å². The maximum absolute atomic E-state index is 5.63. The molecular formula is C39H80O13. The highest BCUT2D eigenvalue weighted by Crippen LogP contribution is 2.08. The highest BCUT2D eigenvalue weighted by molar-refractivity contribution is 4.47. The summed E-state index contributed by atoms with van der Waals surface area (Å²) in [5.74, 6) is 0.598. The number of ether oxygens (including phenoxy) is 13. The van der Waals surface area contributed by atoms with E-state index in [0.717, 1.165) is 26.1 Å². The van der Waals surface area contributed by atoms with E-state index < -0.39 is 0 Å². The molecule has 1 unspecified atom stereocenters. The van der Waals surface area contributed by atoms with Gasteiger partial charge in [0.15, 0.2) is 0 Å². The maximum atomic E-state index is 5.63. The van der Waals surface area contributed by atoms with Gasteiger partial charge in [-0.25, -0.2) is 0 Å². The predicted octanol–water partition coefficient (Wildman–Crippen LogP) is 5.39. The lowest BCUT2D eigenvalue weighted by Gasteiger charge is -2.10. The molecule has 0 aromatic carbocycles. The molecule has 13 nitrogen and oxygen atoms in total. The molecule has 0 aliphatic heterocycles. The average molecular weight is 757 g/mol. The van der Waals surface area contributed by atoms with E-state index in [4.69, 9.17) is 61.6 Å². The van der Waals surface area contributed by atoms with Crippen molar-refractivity contribution in [2.45, 2.75) is 78.6 Å². The van der Waals surface area contributed by atoms with E-state index in [-0.39, 0.29) is 0 Å². The zero-order chi connectivity index (χ0) is 37.5. The third-order valence-corrected chi connectivity index (χ3v) is 7.71. The van der Waals surface area contributed by atoms with Crippen LogP contribution in [0.4, 0.5) is 0 Å². The smallest absolute Gasteiger partial charge is 0.0701 e. The van der Waals surface area contributed by atoms with Crippen LogP contribution >= 0.6 is 0 Å². The second kappa shape index (κ2) is 48.5. The van der Waals surface area contributed by atoms with Crippen LogP contribution in [0.15, 0.2) is 0 Å². The van der Waals surface area contributed by atoms with Crippen molar-refractivity contribution in [3.63, 3.8) is 0 Å². The predicted molar refractivity (Wildman–Crippen MR) is 203 cm³/mol. The minimum atomic E-state index is 0.516. The molecule has 314 valence electrons. The molecule has 13 heteroatoms. The Labute approximate surface area is 317 Å². The molecular weight excluding hydrogens is 676 g/mol. The molecule has 0 bridgehead atoms. The number of unbranched alkanes of at least 4 members (excludes halogenated alkanes) is 7. The van der Waals surface area contributed by atoms with Gasteiger partial charge in [-0.15, -0.1) is 0 Å². The summed E-state index contributed by atoms with van der Waals surface area (Å²) in [4.78, 5) is 0. The van der Waals surface area contributed by atoms with Gasteiger partial charge in [0.25, 0.3) is 0 Å². The summed E-state index contributed by atoms with van der Waals surface area (Å²) < 4.78 is 71.7. The molecule has 1 atom stereocenters. The summed E-state index contributed by atoms with van der Waals surface area (Å²) in [6.45, 7) is 21.4. The maximum Gasteiger partial charge on any atom is 0.0701 e. The van der Waals surface area contributed by atoms with Crippen LogP contribution < -0.4 is 0 Å². The quantitative estimate of drug-likeness (QED) is 0.0740. The Morgan fingerprint density at radius 3 is 0.712 bits per heavy atom. The van der Waals surface area contributed by atoms with Crippen molar-refractivity contribution >= 4 is 0 Å². The lowest BCUT2D eigenvalue weighted by atomic mass is 10.1. The van der Waals surface area contributed by atoms with Gasteiger partial charge in [0.2, 0.25) is 0 Å². The van der Waals surface area contributed by atoms with E-state index in [1.54, 1.807) is 0 Å². The Kier molecular flexibility index (Phi) is 48.0. The Morgan fingerprint density at radius 1 is 0.250 bits per heavy atom. The molecule has 0 aliphatic carbocycles. The van der Waals surface area contributed by atoms with Crippen LogP contribution in [-0.2, 0) is 61.6 Å². The van der Waals surface area contributed by atoms with Gasteiger partial charge >= 0.3 is 0 Å². The van der Waals surface area contributed by atoms with E-state index in [1.165, 1.54) is 44.9 Å². The van der Waals surface area contributed by atoms with Crippen molar-refractivity contribution < 1.29 is 61.6 Å². The Bertz CT molecular complexity index is 621. The first kappa shape index (κ1) is 51.5. The highest BCUT2D eigenvalue weighted by atomic mass is 16.6. The third-order valence-electron chi connectivity index (χ3n) is 7.71. The first-order valence-electron chi connectivity index (χ1n) is 20.3. The van der Waals surface area contributed by atoms with Gasteiger partial charge in [0.05, 0.1) is 159 Å². The number of rotatable bonds is 48. The van der Waals surface area contributed by atoms with Gasteiger partial charge < -0.3 is 61.6 Å². The van der Waals surface area contributed by atoms with Crippen LogP contribution in [0.2, 0.25) is 0 Å². The summed E-state index contributed by atoms with van der Waals surface area (Å²) in [5.41, 5.74) is 0. The standard InChI is InChI=1S/C39H80O13/c1-4-6-7-8-9-10-11-12-13-40-14-15-41-16-17-42-18-19-43-20-21-44-22-23-45-24-25-46-26-27-47-28-29-48-30-31-49-32-33-50-34-35-51-36-37-52-38-39(3)5-2/h39H,4-38H2,1-3H3. The van der Waals surface area contributed by atoms with Gasteiger partial charge in [-0.2, -0.15) is 0 Å². The Hall–Kier alpha value is -0.520. The molecule has 52 heavy (non-hydrogen) atoms. The number of hydrogen-bond donors (Lipinski definition) is 0. The fourth-order valence-electron chi connectivity index (χ4n) is 4.38. The van der Waals surface area contributed by atoms with Crippen LogP contribution in [0.5, 0.6) is 0 Å². The van der Waals surface area contributed by atoms with Crippen LogP contribution in [0.1, 0.15) is 78.6 Å². The van der Waals surface area contributed by atoms with E-state index in [2.05, 4.69) is 20.8 Å². The minimum Gasteiger partial charge on any atom is -0.379 e. The summed E-state index contributed by atoms with van der Waals surface area (Å²) in [6.07, 6.45) is 11.7. The third kappa shape index (κ3) is 47.5. The second-order valence-electron chi connectivity index (χ2n) is 12.4. The van der Waals surface area contributed by atoms with Gasteiger partial charge in [0, 0.05) is 13.2 Å². The molecule has 0 radical (unpaired) electrons. The van der Waals surface area contributed by atoms with Crippen molar-refractivity contribution in [3.05, 3.63) is 0 Å². The van der Waals surface area contributed by atoms with Gasteiger partial charge in [-0.3, -0.25) is 0 Å². The van der Waals surface area contributed by atoms with E-state index in [1.807, 2.05) is 0 Å². The van der Waals surface area contributed by atoms with E-state index >= 15 is 0 Å². The molecule has 0 rings (SSSR count). The Balaban J connectivity index is 3.05. The normalized spacial score (nSPS) is 12.3. The fraction of sp³-hybridized carbons (Fsp3) is 1.00. The summed E-state index contributed by atoms with van der Waals surface area (Å²) >= 11 is 0. The Morgan fingerprint density at radius 2 is 0.462 bits per heavy atom. The second-order valence-corrected chi connectivity index (χ2v) is 12.4. The zero-order valence-electron chi connectivity index (χ0n) is 33.6. The first-order chi connectivity index (χ1) is 25.8. The first-order valence-corrected chi connectivity index (χ1v) is 20.3. The van der Waals surface area contributed by atoms with Gasteiger partial charge in [-0.05, 0) is 12.3 Å². The molecule has 0 saturated carbocycles. The van der Waals surface area contributed by atoms with Crippen molar-refractivity contribution in [3.8, 4) is 0 Å². The molecule has 0 amide bonds. The largest absolute Gasteiger partial charge is 0.379 e. The molecule has 0 spiro atoms. The fourth-order valence-corrected chi connectivity index (χ4v) is 4.38. The minimum absolute atomic E-state index is 0.516.